The summed E-state index contributed by atoms with van der Waals surface area (Å²) in [5, 5.41) is 5.34. The van der Waals surface area contributed by atoms with E-state index in [0.29, 0.717) is 11.4 Å². The van der Waals surface area contributed by atoms with Crippen molar-refractivity contribution in [1.82, 2.24) is 4.90 Å². The van der Waals surface area contributed by atoms with Gasteiger partial charge in [-0.15, -0.1) is 0 Å². The molecule has 0 radical (unpaired) electrons. The molecule has 156 valence electrons. The van der Waals surface area contributed by atoms with Crippen molar-refractivity contribution in [1.29, 1.82) is 0 Å². The van der Waals surface area contributed by atoms with Gasteiger partial charge in [0.15, 0.2) is 0 Å². The topological polar surface area (TPSA) is 108 Å². The average Bonchev–Trinajstić information content (AvgIpc) is 2.60. The number of hydrogen-bond donors (Lipinski definition) is 3. The molecule has 0 aliphatic rings. The second-order valence-electron chi connectivity index (χ2n) is 7.02. The molecular weight excluding hydrogens is 392 g/mol. The number of anilines is 3. The molecular formula is C20H26N4O4S. The zero-order valence-corrected chi connectivity index (χ0v) is 17.8. The Hall–Kier alpha value is -2.91. The van der Waals surface area contributed by atoms with Crippen LogP contribution in [-0.4, -0.2) is 52.0 Å². The Morgan fingerprint density at radius 3 is 2.14 bits per heavy atom. The van der Waals surface area contributed by atoms with E-state index in [2.05, 4.69) is 20.3 Å². The second-order valence-corrected chi connectivity index (χ2v) is 8.77. The van der Waals surface area contributed by atoms with E-state index in [9.17, 15) is 18.0 Å². The van der Waals surface area contributed by atoms with E-state index in [1.165, 1.54) is 25.1 Å². The van der Waals surface area contributed by atoms with Crippen molar-refractivity contribution < 1.29 is 18.0 Å². The summed E-state index contributed by atoms with van der Waals surface area (Å²) < 4.78 is 25.6. The first-order chi connectivity index (χ1) is 13.5. The van der Waals surface area contributed by atoms with E-state index in [1.807, 2.05) is 26.2 Å². The van der Waals surface area contributed by atoms with Crippen LogP contribution in [0.4, 0.5) is 17.1 Å². The highest BCUT2D eigenvalue weighted by Crippen LogP contribution is 2.23. The highest BCUT2D eigenvalue weighted by Gasteiger charge is 2.16. The summed E-state index contributed by atoms with van der Waals surface area (Å²) in [6.45, 7) is 2.27. The fourth-order valence-electron chi connectivity index (χ4n) is 2.61. The van der Waals surface area contributed by atoms with Crippen molar-refractivity contribution in [2.45, 2.75) is 13.3 Å². The summed E-state index contributed by atoms with van der Waals surface area (Å²) in [4.78, 5) is 26.2. The minimum atomic E-state index is -3.58. The van der Waals surface area contributed by atoms with Crippen molar-refractivity contribution >= 4 is 38.9 Å². The lowest BCUT2D eigenvalue weighted by atomic mass is 10.1. The molecule has 2 aromatic carbocycles. The molecule has 0 atom stereocenters. The van der Waals surface area contributed by atoms with Gasteiger partial charge in [0.1, 0.15) is 0 Å². The number of amides is 2. The monoisotopic (exact) mass is 418 g/mol. The third-order valence-corrected chi connectivity index (χ3v) is 4.53. The van der Waals surface area contributed by atoms with Crippen LogP contribution in [0.2, 0.25) is 0 Å². The standard InChI is InChI=1S/C20H26N4O4S/c1-14(25)21-17-9-10-19(23-29(4,27)28)18(13-17)20(26)22-16-7-5-15(6-8-16)11-12-24(2)3/h5-10,13,23H,11-12H2,1-4H3,(H,21,25)(H,22,26). The van der Waals surface area contributed by atoms with E-state index in [1.54, 1.807) is 12.1 Å². The third-order valence-electron chi connectivity index (χ3n) is 3.94. The first kappa shape index (κ1) is 22.4. The molecule has 0 bridgehead atoms. The number of hydrogen-bond acceptors (Lipinski definition) is 5. The summed E-state index contributed by atoms with van der Waals surface area (Å²) in [5.74, 6) is -0.794. The Morgan fingerprint density at radius 1 is 0.966 bits per heavy atom. The van der Waals surface area contributed by atoms with Gasteiger partial charge >= 0.3 is 0 Å². The molecule has 8 nitrogen and oxygen atoms in total. The summed E-state index contributed by atoms with van der Waals surface area (Å²) in [6.07, 6.45) is 1.89. The number of likely N-dealkylation sites (N-methyl/N-ethyl adjacent to an activating group) is 1. The van der Waals surface area contributed by atoms with Crippen LogP contribution in [0, 0.1) is 0 Å². The maximum Gasteiger partial charge on any atom is 0.257 e. The van der Waals surface area contributed by atoms with Gasteiger partial charge in [-0.1, -0.05) is 12.1 Å². The quantitative estimate of drug-likeness (QED) is 0.610. The molecule has 0 spiro atoms. The number of sulfonamides is 1. The van der Waals surface area contributed by atoms with Crippen LogP contribution in [0.1, 0.15) is 22.8 Å². The van der Waals surface area contributed by atoms with Crippen LogP contribution < -0.4 is 15.4 Å². The summed E-state index contributed by atoms with van der Waals surface area (Å²) >= 11 is 0. The molecule has 29 heavy (non-hydrogen) atoms. The molecule has 0 saturated carbocycles. The Bertz CT molecular complexity index is 986. The van der Waals surface area contributed by atoms with E-state index in [0.717, 1.165) is 24.8 Å². The highest BCUT2D eigenvalue weighted by molar-refractivity contribution is 7.92. The van der Waals surface area contributed by atoms with Crippen LogP contribution >= 0.6 is 0 Å². The Labute approximate surface area is 171 Å². The minimum Gasteiger partial charge on any atom is -0.326 e. The first-order valence-corrected chi connectivity index (χ1v) is 10.9. The van der Waals surface area contributed by atoms with Gasteiger partial charge in [0, 0.05) is 24.8 Å². The van der Waals surface area contributed by atoms with Crippen molar-refractivity contribution in [2.24, 2.45) is 0 Å². The average molecular weight is 419 g/mol. The lowest BCUT2D eigenvalue weighted by molar-refractivity contribution is -0.114. The Morgan fingerprint density at radius 2 is 1.59 bits per heavy atom. The maximum absolute atomic E-state index is 12.8. The van der Waals surface area contributed by atoms with Crippen LogP contribution in [-0.2, 0) is 21.2 Å². The number of benzene rings is 2. The molecule has 2 aromatic rings. The third kappa shape index (κ3) is 7.55. The summed E-state index contributed by atoms with van der Waals surface area (Å²) in [6, 6.07) is 11.8. The van der Waals surface area contributed by atoms with Gasteiger partial charge in [0.2, 0.25) is 15.9 Å². The maximum atomic E-state index is 12.8. The molecule has 0 heterocycles. The predicted molar refractivity (Wildman–Crippen MR) is 116 cm³/mol. The molecule has 9 heteroatoms. The van der Waals surface area contributed by atoms with Crippen molar-refractivity contribution in [3.8, 4) is 0 Å². The molecule has 2 amide bonds. The Kier molecular flexibility index (Phi) is 7.35. The van der Waals surface area contributed by atoms with Crippen molar-refractivity contribution in [2.75, 3.05) is 42.3 Å². The van der Waals surface area contributed by atoms with Gasteiger partial charge in [-0.3, -0.25) is 14.3 Å². The van der Waals surface area contributed by atoms with Gasteiger partial charge in [-0.05, 0) is 56.4 Å². The van der Waals surface area contributed by atoms with E-state index < -0.39 is 15.9 Å². The van der Waals surface area contributed by atoms with Crippen LogP contribution in [0.3, 0.4) is 0 Å². The molecule has 2 rings (SSSR count). The molecule has 0 saturated heterocycles. The molecule has 0 unspecified atom stereocenters. The van der Waals surface area contributed by atoms with E-state index in [4.69, 9.17) is 0 Å². The number of nitrogens with one attached hydrogen (secondary N) is 3. The van der Waals surface area contributed by atoms with E-state index >= 15 is 0 Å². The lowest BCUT2D eigenvalue weighted by Gasteiger charge is -2.14. The zero-order chi connectivity index (χ0) is 21.6. The fourth-order valence-corrected chi connectivity index (χ4v) is 3.19. The number of nitrogens with zero attached hydrogens (tertiary/aromatic N) is 1. The molecule has 0 aliphatic heterocycles. The van der Waals surface area contributed by atoms with Crippen molar-refractivity contribution in [3.63, 3.8) is 0 Å². The molecule has 3 N–H and O–H groups in total. The van der Waals surface area contributed by atoms with Crippen LogP contribution in [0.25, 0.3) is 0 Å². The molecule has 0 fully saturated rings. The number of carbonyl (C=O) groups is 2. The minimum absolute atomic E-state index is 0.0957. The number of rotatable bonds is 8. The van der Waals surface area contributed by atoms with Gasteiger partial charge < -0.3 is 15.5 Å². The predicted octanol–water partition coefficient (Wildman–Crippen LogP) is 2.37. The molecule has 0 aliphatic carbocycles. The largest absolute Gasteiger partial charge is 0.326 e. The smallest absolute Gasteiger partial charge is 0.257 e. The summed E-state index contributed by atoms with van der Waals surface area (Å²) in [5.41, 5.74) is 2.34. The first-order valence-electron chi connectivity index (χ1n) is 8.98. The summed E-state index contributed by atoms with van der Waals surface area (Å²) in [7, 11) is 0.429. The zero-order valence-electron chi connectivity index (χ0n) is 16.9. The number of carbonyl (C=O) groups excluding carboxylic acids is 2. The van der Waals surface area contributed by atoms with E-state index in [-0.39, 0.29) is 17.2 Å². The second kappa shape index (κ2) is 9.53. The van der Waals surface area contributed by atoms with Crippen molar-refractivity contribution in [3.05, 3.63) is 53.6 Å². The highest BCUT2D eigenvalue weighted by atomic mass is 32.2. The van der Waals surface area contributed by atoms with Gasteiger partial charge in [-0.2, -0.15) is 0 Å². The van der Waals surface area contributed by atoms with Crippen LogP contribution in [0.5, 0.6) is 0 Å². The van der Waals surface area contributed by atoms with Gasteiger partial charge in [0.25, 0.3) is 5.91 Å². The van der Waals surface area contributed by atoms with Crippen LogP contribution in [0.15, 0.2) is 42.5 Å². The fraction of sp³-hybridized carbons (Fsp3) is 0.300. The Balaban J connectivity index is 2.24. The molecule has 0 aromatic heterocycles. The normalized spacial score (nSPS) is 11.2. The SMILES string of the molecule is CC(=O)Nc1ccc(NS(C)(=O)=O)c(C(=O)Nc2ccc(CCN(C)C)cc2)c1. The van der Waals surface area contributed by atoms with Gasteiger partial charge in [0.05, 0.1) is 17.5 Å². The van der Waals surface area contributed by atoms with Gasteiger partial charge in [-0.25, -0.2) is 8.42 Å². The lowest BCUT2D eigenvalue weighted by Crippen LogP contribution is -2.18.